The Labute approximate surface area is 313 Å². The van der Waals surface area contributed by atoms with E-state index in [2.05, 4.69) is 10.6 Å². The van der Waals surface area contributed by atoms with Crippen molar-refractivity contribution in [3.05, 3.63) is 23.3 Å². The average molecular weight is 847 g/mol. The van der Waals surface area contributed by atoms with Crippen LogP contribution in [-0.4, -0.2) is 82.7 Å². The molecule has 22 heteroatoms. The van der Waals surface area contributed by atoms with Gasteiger partial charge in [0, 0.05) is 23.2 Å². The molecule has 0 aromatic carbocycles. The van der Waals surface area contributed by atoms with Crippen LogP contribution < -0.4 is 20.1 Å². The summed E-state index contributed by atoms with van der Waals surface area (Å²) in [5, 5.41) is 5.00. The number of sulfonamides is 2. The Morgan fingerprint density at radius 3 is 1.37 bits per heavy atom. The second kappa shape index (κ2) is 17.4. The Morgan fingerprint density at radius 1 is 0.673 bits per heavy atom. The molecule has 0 radical (unpaired) electrons. The fourth-order valence-corrected chi connectivity index (χ4v) is 15.7. The van der Waals surface area contributed by atoms with Crippen LogP contribution in [0.4, 0.5) is 9.59 Å². The molecule has 2 aliphatic heterocycles. The fourth-order valence-electron chi connectivity index (χ4n) is 5.96. The number of nitrogens with one attached hydrogen (secondary N) is 4. The molecular weight excluding hydrogens is 801 g/mol. The average Bonchev–Trinajstić information content (AvgIpc) is 3.72. The van der Waals surface area contributed by atoms with Gasteiger partial charge in [-0.1, -0.05) is 39.5 Å². The molecule has 4 heterocycles. The van der Waals surface area contributed by atoms with Crippen molar-refractivity contribution >= 4 is 74.6 Å². The zero-order chi connectivity index (χ0) is 38.5. The summed E-state index contributed by atoms with van der Waals surface area (Å²) in [5.74, 6) is 0. The lowest BCUT2D eigenvalue weighted by Crippen LogP contribution is -2.33. The standard InChI is InChI=1S/C30H46N4O12S6/c1-5-31-23-15-19(3)49(37,38)27-21(23)17-25(47-27)51(41,42)33-29(35)45-13-11-9-7-8-10-12-14-46-30(36)34-52(43,44)26-18-22-24(32-6-2)16-20(4)50(39,40)28(22)48-26/h17-20,23-24,31-32H,5-16H2,1-4H3,(H,33,35)(H,34,36)/t19-,20-,23-,24-/m0/s1. The van der Waals surface area contributed by atoms with Crippen LogP contribution in [0.3, 0.4) is 0 Å². The quantitative estimate of drug-likeness (QED) is 0.164. The van der Waals surface area contributed by atoms with Crippen LogP contribution >= 0.6 is 22.7 Å². The lowest BCUT2D eigenvalue weighted by molar-refractivity contribution is 0.147. The van der Waals surface area contributed by atoms with Gasteiger partial charge in [-0.05, 0) is 64.8 Å². The topological polar surface area (TPSA) is 237 Å². The zero-order valence-electron chi connectivity index (χ0n) is 29.3. The van der Waals surface area contributed by atoms with Gasteiger partial charge in [0.15, 0.2) is 19.7 Å². The van der Waals surface area contributed by atoms with Crippen molar-refractivity contribution in [1.82, 2.24) is 20.1 Å². The molecule has 2 aromatic heterocycles. The highest BCUT2D eigenvalue weighted by Crippen LogP contribution is 2.44. The molecule has 4 N–H and O–H groups in total. The van der Waals surface area contributed by atoms with E-state index in [4.69, 9.17) is 9.47 Å². The molecular formula is C30H46N4O12S6. The second-order valence-corrected chi connectivity index (χ2v) is 23.7. The summed E-state index contributed by atoms with van der Waals surface area (Å²) in [6.45, 7) is 7.95. The Hall–Kier alpha value is -2.34. The molecule has 0 saturated heterocycles. The Balaban J connectivity index is 1.12. The number of carbonyl (C=O) groups is 2. The van der Waals surface area contributed by atoms with Crippen LogP contribution in [0.15, 0.2) is 29.0 Å². The SMILES string of the molecule is CCN[C@H]1C[C@H](C)S(=O)(=O)c2sc(S(=O)(=O)NC(=O)OCCCCCCCCOC(=O)NS(=O)(=O)c3cc4c(s3)S(=O)(=O)[C@@H](C)C[C@@H]4NCC)cc21. The van der Waals surface area contributed by atoms with Gasteiger partial charge in [-0.15, -0.1) is 22.7 Å². The Morgan fingerprint density at radius 2 is 1.02 bits per heavy atom. The van der Waals surface area contributed by atoms with Gasteiger partial charge in [0.1, 0.15) is 16.8 Å². The van der Waals surface area contributed by atoms with E-state index >= 15 is 0 Å². The maximum Gasteiger partial charge on any atom is 0.421 e. The normalized spacial score (nSPS) is 22.2. The third-order valence-corrected chi connectivity index (χ3v) is 20.1. The number of unbranched alkanes of at least 4 members (excludes halogenated alkanes) is 5. The van der Waals surface area contributed by atoms with Crippen LogP contribution in [0.5, 0.6) is 0 Å². The van der Waals surface area contributed by atoms with E-state index in [0.717, 1.165) is 12.8 Å². The molecule has 0 unspecified atom stereocenters. The van der Waals surface area contributed by atoms with Gasteiger partial charge in [0.05, 0.1) is 23.7 Å². The third kappa shape index (κ3) is 9.85. The van der Waals surface area contributed by atoms with Gasteiger partial charge >= 0.3 is 12.2 Å². The molecule has 2 amide bonds. The lowest BCUT2D eigenvalue weighted by atomic mass is 10.1. The van der Waals surface area contributed by atoms with E-state index in [1.54, 1.807) is 13.8 Å². The molecule has 0 aliphatic carbocycles. The highest BCUT2D eigenvalue weighted by molar-refractivity contribution is 7.96. The minimum Gasteiger partial charge on any atom is -0.449 e. The van der Waals surface area contributed by atoms with E-state index in [9.17, 15) is 43.3 Å². The number of amides is 2. The van der Waals surface area contributed by atoms with Crippen LogP contribution in [0.1, 0.15) is 102 Å². The summed E-state index contributed by atoms with van der Waals surface area (Å²) in [4.78, 5) is 24.4. The summed E-state index contributed by atoms with van der Waals surface area (Å²) in [6.07, 6.45) is 1.99. The predicted octanol–water partition coefficient (Wildman–Crippen LogP) is 4.11. The first-order valence-electron chi connectivity index (χ1n) is 17.0. The number of ether oxygens (including phenoxy) is 2. The molecule has 16 nitrogen and oxygen atoms in total. The highest BCUT2D eigenvalue weighted by atomic mass is 32.3. The smallest absolute Gasteiger partial charge is 0.421 e. The van der Waals surface area contributed by atoms with Gasteiger partial charge in [0.2, 0.25) is 0 Å². The minimum absolute atomic E-state index is 0.0184. The Bertz CT molecular complexity index is 1900. The fraction of sp³-hybridized carbons (Fsp3) is 0.667. The van der Waals surface area contributed by atoms with Gasteiger partial charge in [-0.3, -0.25) is 0 Å². The van der Waals surface area contributed by atoms with Crippen molar-refractivity contribution in [2.24, 2.45) is 0 Å². The van der Waals surface area contributed by atoms with E-state index in [1.165, 1.54) is 12.1 Å². The van der Waals surface area contributed by atoms with Crippen LogP contribution in [0.25, 0.3) is 0 Å². The largest absolute Gasteiger partial charge is 0.449 e. The third-order valence-electron chi connectivity index (χ3n) is 8.74. The van der Waals surface area contributed by atoms with Crippen molar-refractivity contribution in [1.29, 1.82) is 0 Å². The predicted molar refractivity (Wildman–Crippen MR) is 195 cm³/mol. The first-order valence-corrected chi connectivity index (χ1v) is 24.7. The molecule has 0 spiro atoms. The summed E-state index contributed by atoms with van der Waals surface area (Å²) >= 11 is 1.22. The van der Waals surface area contributed by atoms with Crippen LogP contribution in [-0.2, 0) is 49.2 Å². The second-order valence-electron chi connectivity index (χ2n) is 12.6. The summed E-state index contributed by atoms with van der Waals surface area (Å²) in [7, 11) is -16.1. The molecule has 0 fully saturated rings. The first-order chi connectivity index (χ1) is 24.3. The van der Waals surface area contributed by atoms with Gasteiger partial charge in [-0.25, -0.2) is 52.7 Å². The number of thiophene rings is 2. The molecule has 0 bridgehead atoms. The van der Waals surface area contributed by atoms with Crippen molar-refractivity contribution in [3.63, 3.8) is 0 Å². The maximum absolute atomic E-state index is 12.8. The van der Waals surface area contributed by atoms with Crippen LogP contribution in [0.2, 0.25) is 0 Å². The number of carbonyl (C=O) groups excluding carboxylic acids is 2. The first kappa shape index (κ1) is 42.4. The van der Waals surface area contributed by atoms with Crippen molar-refractivity contribution in [3.8, 4) is 0 Å². The number of hydrogen-bond donors (Lipinski definition) is 4. The molecule has 2 aliphatic rings. The monoisotopic (exact) mass is 846 g/mol. The van der Waals surface area contributed by atoms with Crippen LogP contribution in [0, 0.1) is 0 Å². The Kier molecular flexibility index (Phi) is 14.2. The van der Waals surface area contributed by atoms with Crippen molar-refractivity contribution in [2.75, 3.05) is 26.3 Å². The number of rotatable bonds is 17. The van der Waals surface area contributed by atoms with Crippen molar-refractivity contribution in [2.45, 2.75) is 118 Å². The van der Waals surface area contributed by atoms with E-state index in [0.29, 0.717) is 85.4 Å². The molecule has 294 valence electrons. The van der Waals surface area contributed by atoms with Gasteiger partial charge in [0.25, 0.3) is 20.0 Å². The molecule has 2 aromatic rings. The lowest BCUT2D eigenvalue weighted by Gasteiger charge is -2.27. The molecule has 0 saturated carbocycles. The van der Waals surface area contributed by atoms with E-state index in [1.807, 2.05) is 23.3 Å². The number of fused-ring (bicyclic) bond motifs is 2. The zero-order valence-corrected chi connectivity index (χ0v) is 34.2. The number of sulfone groups is 2. The minimum atomic E-state index is -4.36. The van der Waals surface area contributed by atoms with E-state index in [-0.39, 0.29) is 42.1 Å². The molecule has 52 heavy (non-hydrogen) atoms. The maximum atomic E-state index is 12.8. The van der Waals surface area contributed by atoms with E-state index < -0.39 is 62.4 Å². The highest BCUT2D eigenvalue weighted by Gasteiger charge is 2.41. The summed E-state index contributed by atoms with van der Waals surface area (Å²) in [5.41, 5.74) is 0.755. The molecule has 4 atom stereocenters. The summed E-state index contributed by atoms with van der Waals surface area (Å²) < 4.78 is 116. The summed E-state index contributed by atoms with van der Waals surface area (Å²) in [6, 6.07) is 1.94. The van der Waals surface area contributed by atoms with Crippen molar-refractivity contribution < 1.29 is 52.7 Å². The van der Waals surface area contributed by atoms with Gasteiger partial charge in [-0.2, -0.15) is 0 Å². The number of hydrogen-bond acceptors (Lipinski definition) is 16. The molecule has 4 rings (SSSR count). The van der Waals surface area contributed by atoms with Gasteiger partial charge < -0.3 is 20.1 Å².